The van der Waals surface area contributed by atoms with E-state index in [4.69, 9.17) is 11.0 Å². The standard InChI is InChI=1S/C22H19N5O.C2H6/c1-3-15-9-18-17(8-13(15)2)21-19(11-25-18)27(12-20(24)28)26-22(21)16-6-4-14(10-23)5-7-16;1-2/h4-9,11H,3,12H2,1-2H3,(H2,24,28);1-2H3. The molecule has 0 atom stereocenters. The number of pyridine rings is 1. The Bertz CT molecular complexity index is 1260. The molecular formula is C24H25N5O. The Labute approximate surface area is 175 Å². The van der Waals surface area contributed by atoms with Crippen LogP contribution in [0.15, 0.2) is 42.6 Å². The summed E-state index contributed by atoms with van der Waals surface area (Å²) in [5.74, 6) is -0.464. The molecule has 30 heavy (non-hydrogen) atoms. The van der Waals surface area contributed by atoms with Gasteiger partial charge in [0.1, 0.15) is 12.2 Å². The fraction of sp³-hybridized carbons (Fsp3) is 0.250. The molecule has 0 fully saturated rings. The highest BCUT2D eigenvalue weighted by Crippen LogP contribution is 2.34. The number of nitriles is 1. The van der Waals surface area contributed by atoms with Gasteiger partial charge in [-0.3, -0.25) is 14.5 Å². The van der Waals surface area contributed by atoms with Crippen molar-refractivity contribution in [2.24, 2.45) is 5.73 Å². The fourth-order valence-corrected chi connectivity index (χ4v) is 3.60. The minimum Gasteiger partial charge on any atom is -0.368 e. The van der Waals surface area contributed by atoms with Crippen LogP contribution in [-0.2, 0) is 17.8 Å². The van der Waals surface area contributed by atoms with Gasteiger partial charge < -0.3 is 5.73 Å². The number of aromatic nitrogens is 3. The normalized spacial score (nSPS) is 10.5. The summed E-state index contributed by atoms with van der Waals surface area (Å²) in [4.78, 5) is 16.2. The third-order valence-electron chi connectivity index (χ3n) is 5.02. The van der Waals surface area contributed by atoms with E-state index in [1.54, 1.807) is 23.0 Å². The van der Waals surface area contributed by atoms with Crippen molar-refractivity contribution in [2.75, 3.05) is 0 Å². The van der Waals surface area contributed by atoms with Gasteiger partial charge in [0, 0.05) is 16.3 Å². The maximum absolute atomic E-state index is 11.5. The van der Waals surface area contributed by atoms with Gasteiger partial charge in [-0.25, -0.2) is 0 Å². The van der Waals surface area contributed by atoms with Crippen molar-refractivity contribution < 1.29 is 4.79 Å². The molecule has 152 valence electrons. The first-order valence-electron chi connectivity index (χ1n) is 10.1. The molecule has 0 spiro atoms. The highest BCUT2D eigenvalue weighted by molar-refractivity contribution is 6.11. The fourth-order valence-electron chi connectivity index (χ4n) is 3.60. The Morgan fingerprint density at radius 1 is 1.20 bits per heavy atom. The number of rotatable bonds is 4. The van der Waals surface area contributed by atoms with Crippen molar-refractivity contribution in [3.05, 3.63) is 59.3 Å². The Balaban J connectivity index is 0.00000124. The molecule has 6 nitrogen and oxygen atoms in total. The van der Waals surface area contributed by atoms with Gasteiger partial charge >= 0.3 is 0 Å². The Hall–Kier alpha value is -3.72. The summed E-state index contributed by atoms with van der Waals surface area (Å²) in [5.41, 5.74) is 11.7. The molecule has 0 saturated heterocycles. The second-order valence-electron chi connectivity index (χ2n) is 6.83. The molecule has 4 aromatic rings. The number of amides is 1. The van der Waals surface area contributed by atoms with Crippen LogP contribution < -0.4 is 5.73 Å². The van der Waals surface area contributed by atoms with E-state index >= 15 is 0 Å². The van der Waals surface area contributed by atoms with Crippen molar-refractivity contribution in [1.82, 2.24) is 14.8 Å². The molecule has 2 aromatic heterocycles. The van der Waals surface area contributed by atoms with Gasteiger partial charge in [-0.05, 0) is 48.7 Å². The number of hydrogen-bond donors (Lipinski definition) is 1. The first-order chi connectivity index (χ1) is 14.5. The minimum atomic E-state index is -0.464. The van der Waals surface area contributed by atoms with Crippen LogP contribution in [0, 0.1) is 18.3 Å². The van der Waals surface area contributed by atoms with E-state index < -0.39 is 5.91 Å². The Morgan fingerprint density at radius 2 is 1.90 bits per heavy atom. The number of aryl methyl sites for hydroxylation is 2. The van der Waals surface area contributed by atoms with Crippen LogP contribution in [0.25, 0.3) is 33.1 Å². The van der Waals surface area contributed by atoms with Crippen LogP contribution in [0.4, 0.5) is 0 Å². The molecule has 2 N–H and O–H groups in total. The predicted molar refractivity (Wildman–Crippen MR) is 120 cm³/mol. The number of carbonyl (C=O) groups is 1. The van der Waals surface area contributed by atoms with Crippen molar-refractivity contribution in [2.45, 2.75) is 40.7 Å². The van der Waals surface area contributed by atoms with Crippen LogP contribution in [0.5, 0.6) is 0 Å². The number of carbonyl (C=O) groups excluding carboxylic acids is 1. The number of hydrogen-bond acceptors (Lipinski definition) is 4. The first-order valence-corrected chi connectivity index (χ1v) is 10.1. The summed E-state index contributed by atoms with van der Waals surface area (Å²) in [6.07, 6.45) is 2.68. The number of nitrogens with zero attached hydrogens (tertiary/aromatic N) is 4. The predicted octanol–water partition coefficient (Wildman–Crippen LogP) is 4.51. The van der Waals surface area contributed by atoms with Gasteiger partial charge in [-0.1, -0.05) is 32.9 Å². The van der Waals surface area contributed by atoms with E-state index in [9.17, 15) is 4.79 Å². The van der Waals surface area contributed by atoms with Crippen molar-refractivity contribution in [3.8, 4) is 17.3 Å². The van der Waals surface area contributed by atoms with Crippen LogP contribution >= 0.6 is 0 Å². The number of fused-ring (bicyclic) bond motifs is 3. The van der Waals surface area contributed by atoms with Crippen molar-refractivity contribution in [1.29, 1.82) is 5.26 Å². The molecular weight excluding hydrogens is 374 g/mol. The quantitative estimate of drug-likeness (QED) is 0.546. The second-order valence-corrected chi connectivity index (χ2v) is 6.83. The lowest BCUT2D eigenvalue weighted by Gasteiger charge is -2.08. The van der Waals surface area contributed by atoms with Gasteiger partial charge in [-0.15, -0.1) is 0 Å². The molecule has 0 unspecified atom stereocenters. The zero-order valence-corrected chi connectivity index (χ0v) is 17.7. The maximum Gasteiger partial charge on any atom is 0.239 e. The largest absolute Gasteiger partial charge is 0.368 e. The Morgan fingerprint density at radius 3 is 2.50 bits per heavy atom. The van der Waals surface area contributed by atoms with E-state index in [0.717, 1.165) is 39.5 Å². The number of primary amides is 1. The second kappa shape index (κ2) is 8.75. The molecule has 0 bridgehead atoms. The van der Waals surface area contributed by atoms with Crippen LogP contribution in [0.2, 0.25) is 0 Å². The zero-order chi connectivity index (χ0) is 21.8. The van der Waals surface area contributed by atoms with Crippen LogP contribution in [0.1, 0.15) is 37.5 Å². The monoisotopic (exact) mass is 399 g/mol. The molecule has 2 heterocycles. The average molecular weight is 399 g/mol. The summed E-state index contributed by atoms with van der Waals surface area (Å²) < 4.78 is 1.60. The van der Waals surface area contributed by atoms with Gasteiger partial charge in [0.2, 0.25) is 5.91 Å². The third-order valence-corrected chi connectivity index (χ3v) is 5.02. The van der Waals surface area contributed by atoms with Gasteiger partial charge in [-0.2, -0.15) is 10.4 Å². The topological polar surface area (TPSA) is 97.6 Å². The van der Waals surface area contributed by atoms with E-state index in [1.807, 2.05) is 26.0 Å². The van der Waals surface area contributed by atoms with Crippen molar-refractivity contribution >= 4 is 27.7 Å². The van der Waals surface area contributed by atoms with Crippen LogP contribution in [0.3, 0.4) is 0 Å². The summed E-state index contributed by atoms with van der Waals surface area (Å²) in [5, 5.41) is 15.7. The summed E-state index contributed by atoms with van der Waals surface area (Å²) in [6.45, 7) is 8.19. The third kappa shape index (κ3) is 3.74. The number of benzene rings is 2. The average Bonchev–Trinajstić information content (AvgIpc) is 3.13. The molecule has 0 aliphatic heterocycles. The van der Waals surface area contributed by atoms with Gasteiger partial charge in [0.05, 0.1) is 28.9 Å². The van der Waals surface area contributed by atoms with Gasteiger partial charge in [0.25, 0.3) is 0 Å². The highest BCUT2D eigenvalue weighted by Gasteiger charge is 2.18. The first kappa shape index (κ1) is 21.0. The lowest BCUT2D eigenvalue weighted by Crippen LogP contribution is -2.19. The highest BCUT2D eigenvalue weighted by atomic mass is 16.1. The maximum atomic E-state index is 11.5. The molecule has 2 aromatic carbocycles. The minimum absolute atomic E-state index is 0.0218. The van der Waals surface area contributed by atoms with E-state index in [0.29, 0.717) is 5.56 Å². The number of nitrogens with two attached hydrogens (primary N) is 1. The smallest absolute Gasteiger partial charge is 0.239 e. The molecule has 6 heteroatoms. The zero-order valence-electron chi connectivity index (χ0n) is 17.7. The van der Waals surface area contributed by atoms with E-state index in [2.05, 4.69) is 42.1 Å². The van der Waals surface area contributed by atoms with Crippen LogP contribution in [-0.4, -0.2) is 20.7 Å². The summed E-state index contributed by atoms with van der Waals surface area (Å²) in [7, 11) is 0. The van der Waals surface area contributed by atoms with Gasteiger partial charge in [0.15, 0.2) is 0 Å². The molecule has 0 radical (unpaired) electrons. The SMILES string of the molecule is CC.CCc1cc2ncc3c(c(-c4ccc(C#N)cc4)nn3CC(N)=O)c2cc1C. The van der Waals surface area contributed by atoms with E-state index in [-0.39, 0.29) is 6.54 Å². The molecule has 0 aliphatic carbocycles. The summed E-state index contributed by atoms with van der Waals surface area (Å²) in [6, 6.07) is 13.6. The molecule has 0 saturated carbocycles. The Kier molecular flexibility index (Phi) is 6.12. The van der Waals surface area contributed by atoms with E-state index in [1.165, 1.54) is 11.1 Å². The summed E-state index contributed by atoms with van der Waals surface area (Å²) >= 11 is 0. The lowest BCUT2D eigenvalue weighted by molar-refractivity contribution is -0.118. The van der Waals surface area contributed by atoms with Crippen molar-refractivity contribution in [3.63, 3.8) is 0 Å². The molecule has 4 rings (SSSR count). The molecule has 1 amide bonds. The lowest BCUT2D eigenvalue weighted by atomic mass is 9.99. The molecule has 0 aliphatic rings.